The minimum atomic E-state index is -0.151. The van der Waals surface area contributed by atoms with Gasteiger partial charge < -0.3 is 4.74 Å². The molecule has 0 aliphatic carbocycles. The van der Waals surface area contributed by atoms with Gasteiger partial charge in [0.15, 0.2) is 5.69 Å². The zero-order valence-electron chi connectivity index (χ0n) is 14.1. The Morgan fingerprint density at radius 3 is 2.80 bits per heavy atom. The molecule has 25 heavy (non-hydrogen) atoms. The molecule has 0 N–H and O–H groups in total. The molecule has 0 saturated heterocycles. The molecule has 3 aromatic rings. The number of nitrogens with zero attached hydrogens (tertiary/aromatic N) is 4. The molecule has 0 unspecified atom stereocenters. The van der Waals surface area contributed by atoms with Gasteiger partial charge in [-0.15, -0.1) is 0 Å². The Hall–Kier alpha value is -3.15. The molecule has 6 nitrogen and oxygen atoms in total. The van der Waals surface area contributed by atoms with Crippen LogP contribution < -0.4 is 9.64 Å². The number of fused-ring (bicyclic) bond motifs is 1. The third-order valence-electron chi connectivity index (χ3n) is 4.15. The zero-order valence-corrected chi connectivity index (χ0v) is 14.1. The lowest BCUT2D eigenvalue weighted by molar-refractivity contribution is 0.0953. The first-order chi connectivity index (χ1) is 12.1. The zero-order chi connectivity index (χ0) is 17.4. The average molecular weight is 334 g/mol. The fourth-order valence-corrected chi connectivity index (χ4v) is 3.00. The molecule has 1 aromatic carbocycles. The minimum absolute atomic E-state index is 0.122. The van der Waals surface area contributed by atoms with Crippen LogP contribution in [0.1, 0.15) is 23.1 Å². The summed E-state index contributed by atoms with van der Waals surface area (Å²) in [6, 6.07) is 15.2. The van der Waals surface area contributed by atoms with Crippen molar-refractivity contribution in [2.45, 2.75) is 20.0 Å². The maximum atomic E-state index is 13.1. The van der Waals surface area contributed by atoms with E-state index in [1.54, 1.807) is 21.8 Å². The third kappa shape index (κ3) is 2.76. The fraction of sp³-hybridized carbons (Fsp3) is 0.211. The fourth-order valence-electron chi connectivity index (χ4n) is 3.00. The van der Waals surface area contributed by atoms with Crippen LogP contribution in [0.5, 0.6) is 5.88 Å². The van der Waals surface area contributed by atoms with Gasteiger partial charge in [-0.1, -0.05) is 18.2 Å². The molecule has 0 fully saturated rings. The molecule has 0 spiro atoms. The van der Waals surface area contributed by atoms with E-state index in [1.165, 1.54) is 0 Å². The van der Waals surface area contributed by atoms with E-state index in [4.69, 9.17) is 4.74 Å². The minimum Gasteiger partial charge on any atom is -0.471 e. The summed E-state index contributed by atoms with van der Waals surface area (Å²) in [5.74, 6) is 0.330. The van der Waals surface area contributed by atoms with E-state index in [0.29, 0.717) is 23.8 Å². The Bertz CT molecular complexity index is 920. The number of aryl methyl sites for hydroxylation is 1. The second-order valence-electron chi connectivity index (χ2n) is 6.09. The second kappa shape index (κ2) is 6.05. The predicted molar refractivity (Wildman–Crippen MR) is 94.3 cm³/mol. The number of amides is 1. The molecular formula is C19H18N4O2. The lowest BCUT2D eigenvalue weighted by Gasteiger charge is -2.31. The van der Waals surface area contributed by atoms with Crippen LogP contribution in [0.25, 0.3) is 5.69 Å². The smallest absolute Gasteiger partial charge is 0.279 e. The van der Waals surface area contributed by atoms with E-state index in [-0.39, 0.29) is 12.0 Å². The highest BCUT2D eigenvalue weighted by atomic mass is 16.5. The number of anilines is 1. The van der Waals surface area contributed by atoms with Crippen molar-refractivity contribution in [3.05, 3.63) is 66.1 Å². The largest absolute Gasteiger partial charge is 0.471 e. The summed E-state index contributed by atoms with van der Waals surface area (Å²) in [6.07, 6.45) is 1.54. The van der Waals surface area contributed by atoms with Crippen molar-refractivity contribution in [2.24, 2.45) is 0 Å². The van der Waals surface area contributed by atoms with Gasteiger partial charge in [-0.05, 0) is 44.2 Å². The SMILES string of the molecule is Cc1cc(C(=O)N2C[C@H](C)Oc3ncccc32)nn1-c1ccccc1. The number of aromatic nitrogens is 3. The van der Waals surface area contributed by atoms with Crippen molar-refractivity contribution in [3.8, 4) is 11.6 Å². The number of para-hydroxylation sites is 1. The highest BCUT2D eigenvalue weighted by molar-refractivity contribution is 6.05. The molecule has 6 heteroatoms. The Morgan fingerprint density at radius 2 is 2.00 bits per heavy atom. The topological polar surface area (TPSA) is 60.3 Å². The monoisotopic (exact) mass is 334 g/mol. The van der Waals surface area contributed by atoms with Crippen molar-refractivity contribution < 1.29 is 9.53 Å². The molecular weight excluding hydrogens is 316 g/mol. The maximum Gasteiger partial charge on any atom is 0.279 e. The molecule has 1 aliphatic rings. The number of rotatable bonds is 2. The quantitative estimate of drug-likeness (QED) is 0.723. The van der Waals surface area contributed by atoms with Gasteiger partial charge >= 0.3 is 0 Å². The first-order valence-corrected chi connectivity index (χ1v) is 8.19. The second-order valence-corrected chi connectivity index (χ2v) is 6.09. The van der Waals surface area contributed by atoms with Gasteiger partial charge in [-0.3, -0.25) is 9.69 Å². The number of ether oxygens (including phenoxy) is 1. The van der Waals surface area contributed by atoms with Gasteiger partial charge in [0.05, 0.1) is 12.2 Å². The van der Waals surface area contributed by atoms with Crippen molar-refractivity contribution >= 4 is 11.6 Å². The van der Waals surface area contributed by atoms with Crippen LogP contribution in [0, 0.1) is 6.92 Å². The molecule has 1 aliphatic heterocycles. The number of hydrogen-bond donors (Lipinski definition) is 0. The summed E-state index contributed by atoms with van der Waals surface area (Å²) in [7, 11) is 0. The number of pyridine rings is 1. The van der Waals surface area contributed by atoms with Gasteiger partial charge in [-0.25, -0.2) is 9.67 Å². The summed E-state index contributed by atoms with van der Waals surface area (Å²) in [5.41, 5.74) is 2.92. The summed E-state index contributed by atoms with van der Waals surface area (Å²) >= 11 is 0. The summed E-state index contributed by atoms with van der Waals surface area (Å²) < 4.78 is 7.49. The number of carbonyl (C=O) groups is 1. The highest BCUT2D eigenvalue weighted by Gasteiger charge is 2.30. The average Bonchev–Trinajstić information content (AvgIpc) is 3.03. The first-order valence-electron chi connectivity index (χ1n) is 8.19. The van der Waals surface area contributed by atoms with Crippen molar-refractivity contribution in [1.29, 1.82) is 0 Å². The van der Waals surface area contributed by atoms with E-state index in [0.717, 1.165) is 11.4 Å². The normalized spacial score (nSPS) is 16.2. The molecule has 3 heterocycles. The standard InChI is InChI=1S/C19H18N4O2/c1-13-11-16(21-23(13)15-7-4-3-5-8-15)19(24)22-12-14(2)25-18-17(22)9-6-10-20-18/h3-11,14H,12H2,1-2H3/t14-/m0/s1. The lowest BCUT2D eigenvalue weighted by Crippen LogP contribution is -2.42. The number of carbonyl (C=O) groups excluding carboxylic acids is 1. The van der Waals surface area contributed by atoms with Crippen LogP contribution in [0.4, 0.5) is 5.69 Å². The molecule has 4 rings (SSSR count). The molecule has 126 valence electrons. The molecule has 0 saturated carbocycles. The Balaban J connectivity index is 1.71. The predicted octanol–water partition coefficient (Wildman–Crippen LogP) is 3.00. The molecule has 0 radical (unpaired) electrons. The van der Waals surface area contributed by atoms with Crippen LogP contribution in [0.3, 0.4) is 0 Å². The highest BCUT2D eigenvalue weighted by Crippen LogP contribution is 2.31. The van der Waals surface area contributed by atoms with Gasteiger partial charge in [0.1, 0.15) is 11.8 Å². The maximum absolute atomic E-state index is 13.1. The van der Waals surface area contributed by atoms with E-state index in [9.17, 15) is 4.79 Å². The van der Waals surface area contributed by atoms with Crippen molar-refractivity contribution in [3.63, 3.8) is 0 Å². The third-order valence-corrected chi connectivity index (χ3v) is 4.15. The number of benzene rings is 1. The lowest BCUT2D eigenvalue weighted by atomic mass is 10.2. The summed E-state index contributed by atoms with van der Waals surface area (Å²) in [5, 5.41) is 4.52. The molecule has 0 bridgehead atoms. The Morgan fingerprint density at radius 1 is 1.20 bits per heavy atom. The van der Waals surface area contributed by atoms with Gasteiger partial charge in [0.2, 0.25) is 5.88 Å². The van der Waals surface area contributed by atoms with E-state index in [1.807, 2.05) is 56.3 Å². The van der Waals surface area contributed by atoms with E-state index < -0.39 is 0 Å². The van der Waals surface area contributed by atoms with Gasteiger partial charge in [0, 0.05) is 11.9 Å². The first kappa shape index (κ1) is 15.4. The van der Waals surface area contributed by atoms with Crippen LogP contribution in [0.2, 0.25) is 0 Å². The Labute approximate surface area is 145 Å². The van der Waals surface area contributed by atoms with Gasteiger partial charge in [-0.2, -0.15) is 5.10 Å². The van der Waals surface area contributed by atoms with Gasteiger partial charge in [0.25, 0.3) is 5.91 Å². The Kier molecular flexibility index (Phi) is 3.72. The molecule has 1 atom stereocenters. The van der Waals surface area contributed by atoms with Crippen molar-refractivity contribution in [2.75, 3.05) is 11.4 Å². The van der Waals surface area contributed by atoms with Crippen LogP contribution in [-0.2, 0) is 0 Å². The van der Waals surface area contributed by atoms with Crippen LogP contribution in [0.15, 0.2) is 54.7 Å². The van der Waals surface area contributed by atoms with Crippen molar-refractivity contribution in [1.82, 2.24) is 14.8 Å². The number of hydrogen-bond acceptors (Lipinski definition) is 4. The summed E-state index contributed by atoms with van der Waals surface area (Å²) in [6.45, 7) is 4.33. The van der Waals surface area contributed by atoms with Crippen LogP contribution in [-0.4, -0.2) is 33.3 Å². The van der Waals surface area contributed by atoms with Crippen LogP contribution >= 0.6 is 0 Å². The summed E-state index contributed by atoms with van der Waals surface area (Å²) in [4.78, 5) is 19.0. The molecule has 1 amide bonds. The molecule has 2 aromatic heterocycles. The van der Waals surface area contributed by atoms with E-state index >= 15 is 0 Å². The van der Waals surface area contributed by atoms with E-state index in [2.05, 4.69) is 10.1 Å².